The van der Waals surface area contributed by atoms with Crippen molar-refractivity contribution < 1.29 is 0 Å². The highest BCUT2D eigenvalue weighted by Gasteiger charge is 2.28. The van der Waals surface area contributed by atoms with E-state index in [1.807, 2.05) is 0 Å². The summed E-state index contributed by atoms with van der Waals surface area (Å²) in [5, 5.41) is 14.1. The van der Waals surface area contributed by atoms with E-state index in [0.29, 0.717) is 0 Å². The van der Waals surface area contributed by atoms with E-state index in [-0.39, 0.29) is 0 Å². The van der Waals surface area contributed by atoms with Gasteiger partial charge in [0.25, 0.3) is 0 Å². The van der Waals surface area contributed by atoms with E-state index in [1.54, 1.807) is 0 Å². The Morgan fingerprint density at radius 3 is 0.765 bits per heavy atom. The second-order valence-electron chi connectivity index (χ2n) is 26.1. The first-order valence-corrected chi connectivity index (χ1v) is 33.7. The number of rotatable bonds is 8. The Bertz CT molecular complexity index is 6050. The summed E-state index contributed by atoms with van der Waals surface area (Å²) in [4.78, 5) is 11.2. The summed E-state index contributed by atoms with van der Waals surface area (Å²) >= 11 is 0. The van der Waals surface area contributed by atoms with Gasteiger partial charge in [-0.25, -0.2) is 4.98 Å². The summed E-state index contributed by atoms with van der Waals surface area (Å²) < 4.78 is 14.9. The molecule has 8 heteroatoms. The lowest BCUT2D eigenvalue weighted by molar-refractivity contribution is 1.01. The van der Waals surface area contributed by atoms with Crippen LogP contribution >= 0.6 is 0 Å². The zero-order chi connectivity index (χ0) is 64.4. The van der Waals surface area contributed by atoms with Crippen molar-refractivity contribution in [2.45, 2.75) is 13.8 Å². The normalized spacial score (nSPS) is 12.2. The zero-order valence-electron chi connectivity index (χ0n) is 53.6. The summed E-state index contributed by atoms with van der Waals surface area (Å²) in [6, 6.07) is 116. The maximum atomic E-state index is 6.21. The Hall–Kier alpha value is -13.0. The standard InChI is InChI=1S/C90H58N8/c1-55-50-51-60(56(2)91-55)58-25-19-24-57(52-58)59-53-85(97-81-46-20-42-77(93-69-34-11-3-26-61(69)62-27-4-12-35-70(62)93)87(81)88-78(43-21-47-82(88)97)94-71-36-13-5-28-63(71)64-29-6-14-37-72(64)94)92-86(54-59)98-83-48-22-44-79(95-73-38-15-7-30-65(73)66-31-8-16-39-74(66)95)89(83)90-80(45-23-49-84(90)98)96-75-40-17-9-32-67(75)68-33-10-18-41-76(68)96/h3-54H,1-2H3. The lowest BCUT2D eigenvalue weighted by Crippen LogP contribution is -2.05. The number of hydrogen-bond acceptors (Lipinski definition) is 2. The highest BCUT2D eigenvalue weighted by molar-refractivity contribution is 6.23. The number of para-hydroxylation sites is 8. The van der Waals surface area contributed by atoms with Crippen LogP contribution < -0.4 is 0 Å². The Labute approximate surface area is 562 Å². The number of aromatic nitrogens is 8. The van der Waals surface area contributed by atoms with Gasteiger partial charge in [0, 0.05) is 81.6 Å². The maximum absolute atomic E-state index is 6.21. The molecule has 0 amide bonds. The van der Waals surface area contributed by atoms with E-state index in [9.17, 15) is 0 Å². The van der Waals surface area contributed by atoms with Gasteiger partial charge in [-0.05, 0) is 152 Å². The molecule has 8 aromatic heterocycles. The van der Waals surface area contributed by atoms with Crippen LogP contribution in [0.4, 0.5) is 0 Å². The number of aryl methyl sites for hydroxylation is 2. The fraction of sp³-hybridized carbons (Fsp3) is 0.0222. The first-order valence-electron chi connectivity index (χ1n) is 33.7. The van der Waals surface area contributed by atoms with Crippen LogP contribution in [0.1, 0.15) is 11.4 Å². The van der Waals surface area contributed by atoms with Gasteiger partial charge in [0.15, 0.2) is 0 Å². The molecular formula is C90H58N8. The van der Waals surface area contributed by atoms with Crippen molar-refractivity contribution in [1.29, 1.82) is 0 Å². The monoisotopic (exact) mass is 1250 g/mol. The molecule has 21 rings (SSSR count). The van der Waals surface area contributed by atoms with Gasteiger partial charge >= 0.3 is 0 Å². The van der Waals surface area contributed by atoms with Crippen molar-refractivity contribution in [1.82, 2.24) is 37.4 Å². The Balaban J connectivity index is 0.924. The van der Waals surface area contributed by atoms with E-state index in [0.717, 1.165) is 156 Å². The van der Waals surface area contributed by atoms with Crippen LogP contribution in [0.2, 0.25) is 0 Å². The third kappa shape index (κ3) is 7.65. The molecule has 0 unspecified atom stereocenters. The molecule has 0 aliphatic carbocycles. The Morgan fingerprint density at radius 2 is 0.469 bits per heavy atom. The lowest BCUT2D eigenvalue weighted by Gasteiger charge is -2.16. The van der Waals surface area contributed by atoms with Crippen LogP contribution in [-0.4, -0.2) is 37.4 Å². The molecule has 0 atom stereocenters. The predicted molar refractivity (Wildman–Crippen MR) is 408 cm³/mol. The molecule has 0 spiro atoms. The molecule has 8 heterocycles. The average molecular weight is 1250 g/mol. The van der Waals surface area contributed by atoms with Crippen LogP contribution in [0.15, 0.2) is 315 Å². The number of nitrogens with zero attached hydrogens (tertiary/aromatic N) is 8. The van der Waals surface area contributed by atoms with E-state index in [2.05, 4.69) is 357 Å². The third-order valence-corrected chi connectivity index (χ3v) is 20.8. The average Bonchev–Trinajstić information content (AvgIpc) is 1.54. The minimum Gasteiger partial charge on any atom is -0.309 e. The molecule has 98 heavy (non-hydrogen) atoms. The summed E-state index contributed by atoms with van der Waals surface area (Å²) in [7, 11) is 0. The third-order valence-electron chi connectivity index (χ3n) is 20.8. The number of fused-ring (bicyclic) bond motifs is 18. The molecular weight excluding hydrogens is 1190 g/mol. The van der Waals surface area contributed by atoms with Crippen LogP contribution in [0.5, 0.6) is 0 Å². The summed E-state index contributed by atoms with van der Waals surface area (Å²) in [5.41, 5.74) is 23.9. The van der Waals surface area contributed by atoms with Crippen molar-refractivity contribution in [3.8, 4) is 56.6 Å². The predicted octanol–water partition coefficient (Wildman–Crippen LogP) is 23.0. The topological polar surface area (TPSA) is 55.4 Å². The quantitative estimate of drug-likeness (QED) is 0.152. The second kappa shape index (κ2) is 20.7. The molecule has 0 aliphatic heterocycles. The second-order valence-corrected chi connectivity index (χ2v) is 26.1. The SMILES string of the molecule is Cc1ccc(-c2cccc(-c3cc(-n4c5cccc(-n6c7ccccc7c7ccccc76)c5c5c(-n6c7ccccc7c7ccccc76)cccc54)nc(-n4c5cccc(-n6c7ccccc7c7ccccc76)c5c5c(-n6c7ccccc7c7ccccc76)cccc54)c3)c2)c(C)n1. The first-order chi connectivity index (χ1) is 48.5. The van der Waals surface area contributed by atoms with Gasteiger partial charge < -0.3 is 18.3 Å². The molecule has 0 fully saturated rings. The van der Waals surface area contributed by atoms with Gasteiger partial charge in [-0.1, -0.05) is 194 Å². The van der Waals surface area contributed by atoms with Crippen LogP contribution in [0.25, 0.3) is 187 Å². The van der Waals surface area contributed by atoms with Crippen molar-refractivity contribution in [2.75, 3.05) is 0 Å². The molecule has 458 valence electrons. The van der Waals surface area contributed by atoms with Crippen LogP contribution in [0.3, 0.4) is 0 Å². The van der Waals surface area contributed by atoms with Crippen LogP contribution in [0, 0.1) is 13.8 Å². The fourth-order valence-electron chi connectivity index (χ4n) is 16.9. The molecule has 0 aliphatic rings. The van der Waals surface area contributed by atoms with Gasteiger partial charge in [-0.2, -0.15) is 0 Å². The minimum atomic E-state index is 0.780. The van der Waals surface area contributed by atoms with Gasteiger partial charge in [0.2, 0.25) is 0 Å². The number of hydrogen-bond donors (Lipinski definition) is 0. The smallest absolute Gasteiger partial charge is 0.140 e. The van der Waals surface area contributed by atoms with Crippen molar-refractivity contribution in [3.05, 3.63) is 327 Å². The van der Waals surface area contributed by atoms with Crippen molar-refractivity contribution in [2.24, 2.45) is 0 Å². The fourth-order valence-corrected chi connectivity index (χ4v) is 16.9. The van der Waals surface area contributed by atoms with E-state index in [1.165, 1.54) is 43.1 Å². The van der Waals surface area contributed by atoms with Crippen LogP contribution in [-0.2, 0) is 0 Å². The molecule has 0 saturated carbocycles. The highest BCUT2D eigenvalue weighted by atomic mass is 15.2. The molecule has 0 N–H and O–H groups in total. The molecule has 13 aromatic carbocycles. The zero-order valence-corrected chi connectivity index (χ0v) is 53.6. The van der Waals surface area contributed by atoms with E-state index >= 15 is 0 Å². The molecule has 21 aromatic rings. The highest BCUT2D eigenvalue weighted by Crippen LogP contribution is 2.48. The summed E-state index contributed by atoms with van der Waals surface area (Å²) in [6.45, 7) is 4.18. The minimum absolute atomic E-state index is 0.780. The summed E-state index contributed by atoms with van der Waals surface area (Å²) in [6.07, 6.45) is 0. The van der Waals surface area contributed by atoms with Gasteiger partial charge in [-0.15, -0.1) is 0 Å². The van der Waals surface area contributed by atoms with E-state index in [4.69, 9.17) is 9.97 Å². The van der Waals surface area contributed by atoms with Gasteiger partial charge in [0.1, 0.15) is 11.6 Å². The van der Waals surface area contributed by atoms with Crippen molar-refractivity contribution >= 4 is 131 Å². The number of pyridine rings is 2. The van der Waals surface area contributed by atoms with Gasteiger partial charge in [-0.3, -0.25) is 14.1 Å². The van der Waals surface area contributed by atoms with E-state index < -0.39 is 0 Å². The molecule has 0 bridgehead atoms. The number of benzene rings is 13. The Kier molecular flexibility index (Phi) is 11.5. The molecule has 0 saturated heterocycles. The Morgan fingerprint density at radius 1 is 0.204 bits per heavy atom. The molecule has 0 radical (unpaired) electrons. The van der Waals surface area contributed by atoms with Gasteiger partial charge in [0.05, 0.1) is 88.9 Å². The largest absolute Gasteiger partial charge is 0.309 e. The summed E-state index contributed by atoms with van der Waals surface area (Å²) in [5.74, 6) is 1.56. The van der Waals surface area contributed by atoms with Crippen molar-refractivity contribution in [3.63, 3.8) is 0 Å². The first kappa shape index (κ1) is 54.4. The maximum Gasteiger partial charge on any atom is 0.140 e. The molecule has 8 nitrogen and oxygen atoms in total. The lowest BCUT2D eigenvalue weighted by atomic mass is 9.98.